The van der Waals surface area contributed by atoms with Crippen molar-refractivity contribution in [3.63, 3.8) is 0 Å². The molecule has 0 saturated heterocycles. The minimum atomic E-state index is -3.78. The lowest BCUT2D eigenvalue weighted by atomic mass is 10.2. The lowest BCUT2D eigenvalue weighted by Crippen LogP contribution is -2.12. The van der Waals surface area contributed by atoms with E-state index in [1.54, 1.807) is 0 Å². The Morgan fingerprint density at radius 1 is 1.08 bits per heavy atom. The van der Waals surface area contributed by atoms with Crippen LogP contribution in [0.1, 0.15) is 5.56 Å². The van der Waals surface area contributed by atoms with Gasteiger partial charge in [0, 0.05) is 23.9 Å². The SMILES string of the molecule is NS(=O)(=O)c1ccc(NC(=O)C=Cc2ccc([N+](=O)[O-])cc2)cc1. The molecule has 2 aromatic rings. The summed E-state index contributed by atoms with van der Waals surface area (Å²) in [5.41, 5.74) is 0.993. The highest BCUT2D eigenvalue weighted by molar-refractivity contribution is 7.89. The highest BCUT2D eigenvalue weighted by Crippen LogP contribution is 2.14. The van der Waals surface area contributed by atoms with Crippen molar-refractivity contribution >= 4 is 33.4 Å². The quantitative estimate of drug-likeness (QED) is 0.484. The van der Waals surface area contributed by atoms with Crippen molar-refractivity contribution in [2.45, 2.75) is 4.90 Å². The molecule has 124 valence electrons. The van der Waals surface area contributed by atoms with Crippen LogP contribution >= 0.6 is 0 Å². The Morgan fingerprint density at radius 3 is 2.17 bits per heavy atom. The molecule has 0 fully saturated rings. The molecule has 2 rings (SSSR count). The van der Waals surface area contributed by atoms with Crippen LogP contribution in [-0.2, 0) is 14.8 Å². The number of non-ortho nitro benzene ring substituents is 1. The van der Waals surface area contributed by atoms with Crippen molar-refractivity contribution in [1.29, 1.82) is 0 Å². The average Bonchev–Trinajstić information content (AvgIpc) is 2.53. The summed E-state index contributed by atoms with van der Waals surface area (Å²) in [4.78, 5) is 21.8. The van der Waals surface area contributed by atoms with E-state index >= 15 is 0 Å². The molecule has 0 spiro atoms. The number of anilines is 1. The summed E-state index contributed by atoms with van der Waals surface area (Å²) in [5, 5.41) is 18.1. The number of rotatable bonds is 5. The second-order valence-electron chi connectivity index (χ2n) is 4.74. The number of nitro groups is 1. The molecule has 3 N–H and O–H groups in total. The molecule has 2 aromatic carbocycles. The maximum atomic E-state index is 11.8. The normalized spacial score (nSPS) is 11.4. The van der Waals surface area contributed by atoms with Crippen LogP contribution < -0.4 is 10.5 Å². The minimum absolute atomic E-state index is 0.0356. The summed E-state index contributed by atoms with van der Waals surface area (Å²) in [6.07, 6.45) is 2.76. The first kappa shape index (κ1) is 17.3. The van der Waals surface area contributed by atoms with Gasteiger partial charge in [-0.1, -0.05) is 0 Å². The first-order chi connectivity index (χ1) is 11.3. The van der Waals surface area contributed by atoms with Gasteiger partial charge in [0.1, 0.15) is 0 Å². The zero-order valence-corrected chi connectivity index (χ0v) is 13.1. The molecule has 0 heterocycles. The number of nitrogens with zero attached hydrogens (tertiary/aromatic N) is 1. The van der Waals surface area contributed by atoms with Crippen LogP contribution in [0.2, 0.25) is 0 Å². The van der Waals surface area contributed by atoms with Crippen LogP contribution in [0.5, 0.6) is 0 Å². The number of benzene rings is 2. The van der Waals surface area contributed by atoms with Gasteiger partial charge < -0.3 is 5.32 Å². The smallest absolute Gasteiger partial charge is 0.269 e. The molecule has 0 aliphatic rings. The van der Waals surface area contributed by atoms with E-state index in [1.165, 1.54) is 60.7 Å². The van der Waals surface area contributed by atoms with Crippen molar-refractivity contribution in [1.82, 2.24) is 0 Å². The van der Waals surface area contributed by atoms with Crippen molar-refractivity contribution < 1.29 is 18.1 Å². The first-order valence-corrected chi connectivity index (χ1v) is 8.17. The summed E-state index contributed by atoms with van der Waals surface area (Å²) < 4.78 is 22.3. The summed E-state index contributed by atoms with van der Waals surface area (Å²) in [6, 6.07) is 11.1. The van der Waals surface area contributed by atoms with E-state index < -0.39 is 20.9 Å². The number of carbonyl (C=O) groups excluding carboxylic acids is 1. The van der Waals surface area contributed by atoms with Gasteiger partial charge in [-0.25, -0.2) is 13.6 Å². The Kier molecular flexibility index (Phi) is 5.07. The molecule has 1 amide bonds. The predicted octanol–water partition coefficient (Wildman–Crippen LogP) is 1.89. The lowest BCUT2D eigenvalue weighted by Gasteiger charge is -2.03. The largest absolute Gasteiger partial charge is 0.323 e. The van der Waals surface area contributed by atoms with Crippen LogP contribution in [0.3, 0.4) is 0 Å². The Bertz CT molecular complexity index is 888. The van der Waals surface area contributed by atoms with Gasteiger partial charge in [-0.15, -0.1) is 0 Å². The Hall–Kier alpha value is -3.04. The molecule has 0 aromatic heterocycles. The van der Waals surface area contributed by atoms with E-state index in [1.807, 2.05) is 0 Å². The van der Waals surface area contributed by atoms with E-state index in [4.69, 9.17) is 5.14 Å². The second-order valence-corrected chi connectivity index (χ2v) is 6.30. The van der Waals surface area contributed by atoms with Gasteiger partial charge in [-0.2, -0.15) is 0 Å². The molecule has 0 bridgehead atoms. The summed E-state index contributed by atoms with van der Waals surface area (Å²) in [5.74, 6) is -0.434. The molecule has 9 heteroatoms. The lowest BCUT2D eigenvalue weighted by molar-refractivity contribution is -0.384. The molecular formula is C15H13N3O5S. The average molecular weight is 347 g/mol. The molecule has 0 aliphatic carbocycles. The number of primary sulfonamides is 1. The fraction of sp³-hybridized carbons (Fsp3) is 0. The highest BCUT2D eigenvalue weighted by Gasteiger charge is 2.07. The third-order valence-corrected chi connectivity index (χ3v) is 3.91. The Morgan fingerprint density at radius 2 is 1.67 bits per heavy atom. The maximum Gasteiger partial charge on any atom is 0.269 e. The van der Waals surface area contributed by atoms with Crippen molar-refractivity contribution in [3.8, 4) is 0 Å². The van der Waals surface area contributed by atoms with Gasteiger partial charge in [-0.05, 0) is 48.0 Å². The van der Waals surface area contributed by atoms with Gasteiger partial charge in [0.15, 0.2) is 0 Å². The molecule has 24 heavy (non-hydrogen) atoms. The molecule has 8 nitrogen and oxygen atoms in total. The number of nitrogens with two attached hydrogens (primary N) is 1. The van der Waals surface area contributed by atoms with E-state index in [0.717, 1.165) is 0 Å². The van der Waals surface area contributed by atoms with Crippen molar-refractivity contribution in [3.05, 3.63) is 70.3 Å². The number of nitro benzene ring substituents is 1. The number of amides is 1. The maximum absolute atomic E-state index is 11.8. The zero-order valence-electron chi connectivity index (χ0n) is 12.2. The molecule has 0 aliphatic heterocycles. The van der Waals surface area contributed by atoms with Gasteiger partial charge in [-0.3, -0.25) is 14.9 Å². The van der Waals surface area contributed by atoms with Crippen LogP contribution in [0.15, 0.2) is 59.5 Å². The molecule has 0 saturated carbocycles. The van der Waals surface area contributed by atoms with Crippen LogP contribution in [0.25, 0.3) is 6.08 Å². The van der Waals surface area contributed by atoms with E-state index in [0.29, 0.717) is 11.3 Å². The summed E-state index contributed by atoms with van der Waals surface area (Å²) in [7, 11) is -3.78. The van der Waals surface area contributed by atoms with Gasteiger partial charge in [0.2, 0.25) is 15.9 Å². The van der Waals surface area contributed by atoms with Gasteiger partial charge in [0.05, 0.1) is 9.82 Å². The second kappa shape index (κ2) is 7.02. The number of hydrogen-bond donors (Lipinski definition) is 2. The van der Waals surface area contributed by atoms with Crippen LogP contribution in [0, 0.1) is 10.1 Å². The third kappa shape index (κ3) is 4.73. The standard InChI is InChI=1S/C15H13N3O5S/c16-24(22,23)14-8-4-12(5-9-14)17-15(19)10-3-11-1-6-13(7-2-11)18(20)21/h1-10H,(H,17,19)(H2,16,22,23). The molecular weight excluding hydrogens is 334 g/mol. The molecule has 0 unspecified atom stereocenters. The number of carbonyl (C=O) groups is 1. The van der Waals surface area contributed by atoms with Crippen molar-refractivity contribution in [2.24, 2.45) is 5.14 Å². The topological polar surface area (TPSA) is 132 Å². The zero-order chi connectivity index (χ0) is 17.7. The van der Waals surface area contributed by atoms with Crippen LogP contribution in [-0.4, -0.2) is 19.2 Å². The fourth-order valence-electron chi connectivity index (χ4n) is 1.79. The predicted molar refractivity (Wildman–Crippen MR) is 88.6 cm³/mol. The summed E-state index contributed by atoms with van der Waals surface area (Å²) >= 11 is 0. The molecule has 0 atom stereocenters. The van der Waals surface area contributed by atoms with Crippen molar-refractivity contribution in [2.75, 3.05) is 5.32 Å². The Labute approximate surface area is 137 Å². The minimum Gasteiger partial charge on any atom is -0.323 e. The Balaban J connectivity index is 2.01. The number of hydrogen-bond acceptors (Lipinski definition) is 5. The van der Waals surface area contributed by atoms with Gasteiger partial charge in [0.25, 0.3) is 5.69 Å². The van der Waals surface area contributed by atoms with E-state index in [9.17, 15) is 23.3 Å². The van der Waals surface area contributed by atoms with E-state index in [2.05, 4.69) is 5.32 Å². The van der Waals surface area contributed by atoms with Crippen LogP contribution in [0.4, 0.5) is 11.4 Å². The number of sulfonamides is 1. The monoisotopic (exact) mass is 347 g/mol. The fourth-order valence-corrected chi connectivity index (χ4v) is 2.31. The number of nitrogens with one attached hydrogen (secondary N) is 1. The molecule has 0 radical (unpaired) electrons. The van der Waals surface area contributed by atoms with Gasteiger partial charge >= 0.3 is 0 Å². The third-order valence-electron chi connectivity index (χ3n) is 2.98. The van der Waals surface area contributed by atoms with E-state index in [-0.39, 0.29) is 10.6 Å². The summed E-state index contributed by atoms with van der Waals surface area (Å²) in [6.45, 7) is 0. The highest BCUT2D eigenvalue weighted by atomic mass is 32.2. The first-order valence-electron chi connectivity index (χ1n) is 6.62.